The van der Waals surface area contributed by atoms with E-state index in [4.69, 9.17) is 4.74 Å². The number of benzene rings is 2. The van der Waals surface area contributed by atoms with Crippen LogP contribution in [0.25, 0.3) is 0 Å². The van der Waals surface area contributed by atoms with Crippen molar-refractivity contribution in [1.29, 1.82) is 0 Å². The normalized spacial score (nSPS) is 15.5. The van der Waals surface area contributed by atoms with Crippen LogP contribution in [0.5, 0.6) is 5.75 Å². The largest absolute Gasteiger partial charge is 0.491 e. The number of amides is 1. The van der Waals surface area contributed by atoms with Crippen LogP contribution in [0, 0.1) is 20.8 Å². The van der Waals surface area contributed by atoms with E-state index in [1.165, 1.54) is 4.31 Å². The molecule has 2 aromatic rings. The summed E-state index contributed by atoms with van der Waals surface area (Å²) < 4.78 is 33.5. The first-order valence-electron chi connectivity index (χ1n) is 10.2. The molecule has 1 amide bonds. The topological polar surface area (TPSA) is 66.9 Å². The molecule has 0 spiro atoms. The third-order valence-electron chi connectivity index (χ3n) is 5.20. The van der Waals surface area contributed by atoms with Crippen LogP contribution in [0.3, 0.4) is 0 Å². The zero-order chi connectivity index (χ0) is 22.1. The zero-order valence-corrected chi connectivity index (χ0v) is 19.1. The van der Waals surface area contributed by atoms with Gasteiger partial charge in [0, 0.05) is 31.7 Å². The van der Waals surface area contributed by atoms with Gasteiger partial charge < -0.3 is 9.64 Å². The third kappa shape index (κ3) is 4.68. The summed E-state index contributed by atoms with van der Waals surface area (Å²) in [6.07, 6.45) is 0.0716. The highest BCUT2D eigenvalue weighted by Crippen LogP contribution is 2.26. The molecule has 30 heavy (non-hydrogen) atoms. The average molecular weight is 431 g/mol. The van der Waals surface area contributed by atoms with Crippen molar-refractivity contribution in [3.8, 4) is 5.75 Å². The van der Waals surface area contributed by atoms with Gasteiger partial charge >= 0.3 is 0 Å². The first kappa shape index (κ1) is 22.3. The predicted octanol–water partition coefficient (Wildman–Crippen LogP) is 3.55. The molecule has 0 unspecified atom stereocenters. The summed E-state index contributed by atoms with van der Waals surface area (Å²) in [5.74, 6) is 0.632. The molecule has 7 heteroatoms. The Morgan fingerprint density at radius 1 is 0.933 bits per heavy atom. The predicted molar refractivity (Wildman–Crippen MR) is 118 cm³/mol. The molecule has 6 nitrogen and oxygen atoms in total. The molecule has 0 atom stereocenters. The Morgan fingerprint density at radius 3 is 1.97 bits per heavy atom. The number of hydrogen-bond acceptors (Lipinski definition) is 4. The minimum absolute atomic E-state index is 0.0716. The monoisotopic (exact) mass is 430 g/mol. The molecule has 1 saturated heterocycles. The van der Waals surface area contributed by atoms with Crippen LogP contribution >= 0.6 is 0 Å². The molecule has 0 radical (unpaired) electrons. The lowest BCUT2D eigenvalue weighted by Gasteiger charge is -2.34. The molecular weight excluding hydrogens is 400 g/mol. The molecule has 0 aliphatic carbocycles. The maximum atomic E-state index is 13.2. The van der Waals surface area contributed by atoms with Gasteiger partial charge in [-0.25, -0.2) is 8.42 Å². The van der Waals surface area contributed by atoms with Crippen LogP contribution in [-0.2, 0) is 10.0 Å². The Bertz CT molecular complexity index is 999. The molecule has 162 valence electrons. The summed E-state index contributed by atoms with van der Waals surface area (Å²) in [6, 6.07) is 10.9. The van der Waals surface area contributed by atoms with Crippen LogP contribution in [0.2, 0.25) is 0 Å². The van der Waals surface area contributed by atoms with Gasteiger partial charge in [0.15, 0.2) is 0 Å². The summed E-state index contributed by atoms with van der Waals surface area (Å²) in [6.45, 7) is 10.8. The molecule has 0 N–H and O–H groups in total. The minimum Gasteiger partial charge on any atom is -0.491 e. The lowest BCUT2D eigenvalue weighted by Crippen LogP contribution is -2.50. The van der Waals surface area contributed by atoms with Gasteiger partial charge in [0.2, 0.25) is 10.0 Å². The Labute approximate surface area is 179 Å². The van der Waals surface area contributed by atoms with Crippen LogP contribution in [0.1, 0.15) is 40.9 Å². The van der Waals surface area contributed by atoms with E-state index in [1.807, 2.05) is 46.8 Å². The van der Waals surface area contributed by atoms with Crippen molar-refractivity contribution in [2.24, 2.45) is 0 Å². The number of carbonyl (C=O) groups is 1. The van der Waals surface area contributed by atoms with Crippen molar-refractivity contribution >= 4 is 15.9 Å². The highest BCUT2D eigenvalue weighted by atomic mass is 32.2. The Balaban J connectivity index is 1.69. The highest BCUT2D eigenvalue weighted by Gasteiger charge is 2.32. The summed E-state index contributed by atoms with van der Waals surface area (Å²) >= 11 is 0. The fourth-order valence-corrected chi connectivity index (χ4v) is 5.80. The Hall–Kier alpha value is -2.38. The first-order valence-corrected chi connectivity index (χ1v) is 11.7. The number of nitrogens with zero attached hydrogens (tertiary/aromatic N) is 2. The van der Waals surface area contributed by atoms with E-state index in [9.17, 15) is 13.2 Å². The molecule has 0 saturated carbocycles. The van der Waals surface area contributed by atoms with E-state index in [1.54, 1.807) is 29.2 Å². The fourth-order valence-electron chi connectivity index (χ4n) is 3.97. The number of ether oxygens (including phenoxy) is 1. The minimum atomic E-state index is -3.59. The second-order valence-electron chi connectivity index (χ2n) is 8.12. The summed E-state index contributed by atoms with van der Waals surface area (Å²) in [4.78, 5) is 14.9. The maximum Gasteiger partial charge on any atom is 0.253 e. The summed E-state index contributed by atoms with van der Waals surface area (Å²) in [5, 5.41) is 0. The Kier molecular flexibility index (Phi) is 6.53. The van der Waals surface area contributed by atoms with E-state index < -0.39 is 10.0 Å². The lowest BCUT2D eigenvalue weighted by molar-refractivity contribution is 0.0698. The second-order valence-corrected chi connectivity index (χ2v) is 9.99. The SMILES string of the molecule is Cc1cc(C)c(S(=O)(=O)N2CCN(C(=O)c3ccc(OC(C)C)cc3)CC2)c(C)c1. The second kappa shape index (κ2) is 8.78. The summed E-state index contributed by atoms with van der Waals surface area (Å²) in [7, 11) is -3.59. The first-order chi connectivity index (χ1) is 14.1. The van der Waals surface area contributed by atoms with Crippen molar-refractivity contribution in [3.63, 3.8) is 0 Å². The molecule has 1 fully saturated rings. The van der Waals surface area contributed by atoms with E-state index in [2.05, 4.69) is 0 Å². The smallest absolute Gasteiger partial charge is 0.253 e. The van der Waals surface area contributed by atoms with Gasteiger partial charge in [-0.15, -0.1) is 0 Å². The van der Waals surface area contributed by atoms with Gasteiger partial charge in [-0.2, -0.15) is 4.31 Å². The maximum absolute atomic E-state index is 13.2. The zero-order valence-electron chi connectivity index (χ0n) is 18.3. The quantitative estimate of drug-likeness (QED) is 0.728. The fraction of sp³-hybridized carbons (Fsp3) is 0.435. The molecule has 2 aromatic carbocycles. The summed E-state index contributed by atoms with van der Waals surface area (Å²) in [5.41, 5.74) is 3.14. The van der Waals surface area contributed by atoms with Gasteiger partial charge in [0.25, 0.3) is 5.91 Å². The van der Waals surface area contributed by atoms with Crippen molar-refractivity contribution in [3.05, 3.63) is 58.7 Å². The average Bonchev–Trinajstić information content (AvgIpc) is 2.66. The van der Waals surface area contributed by atoms with E-state index in [0.29, 0.717) is 23.5 Å². The molecule has 1 heterocycles. The van der Waals surface area contributed by atoms with Gasteiger partial charge in [-0.3, -0.25) is 4.79 Å². The van der Waals surface area contributed by atoms with E-state index in [-0.39, 0.29) is 25.1 Å². The van der Waals surface area contributed by atoms with Gasteiger partial charge in [0.05, 0.1) is 11.0 Å². The number of hydrogen-bond donors (Lipinski definition) is 0. The highest BCUT2D eigenvalue weighted by molar-refractivity contribution is 7.89. The third-order valence-corrected chi connectivity index (χ3v) is 7.41. The molecular formula is C23H30N2O4S. The molecule has 0 aromatic heterocycles. The van der Waals surface area contributed by atoms with Gasteiger partial charge in [-0.05, 0) is 70.0 Å². The van der Waals surface area contributed by atoms with Crippen LogP contribution < -0.4 is 4.74 Å². The molecule has 0 bridgehead atoms. The van der Waals surface area contributed by atoms with Crippen LogP contribution in [0.15, 0.2) is 41.3 Å². The number of sulfonamides is 1. The van der Waals surface area contributed by atoms with Gasteiger partial charge in [-0.1, -0.05) is 17.7 Å². The number of carbonyl (C=O) groups excluding carboxylic acids is 1. The van der Waals surface area contributed by atoms with Crippen LogP contribution in [0.4, 0.5) is 0 Å². The number of piperazine rings is 1. The van der Waals surface area contributed by atoms with Crippen molar-refractivity contribution in [1.82, 2.24) is 9.21 Å². The van der Waals surface area contributed by atoms with Crippen molar-refractivity contribution in [2.75, 3.05) is 26.2 Å². The molecule has 1 aliphatic heterocycles. The number of rotatable bonds is 5. The van der Waals surface area contributed by atoms with Gasteiger partial charge in [0.1, 0.15) is 5.75 Å². The Morgan fingerprint density at radius 2 is 1.47 bits per heavy atom. The van der Waals surface area contributed by atoms with E-state index >= 15 is 0 Å². The van der Waals surface area contributed by atoms with Crippen molar-refractivity contribution in [2.45, 2.75) is 45.6 Å². The van der Waals surface area contributed by atoms with E-state index in [0.717, 1.165) is 22.4 Å². The standard InChI is InChI=1S/C23H30N2O4S/c1-16(2)29-21-8-6-20(7-9-21)23(26)24-10-12-25(13-11-24)30(27,28)22-18(4)14-17(3)15-19(22)5/h6-9,14-16H,10-13H2,1-5H3. The van der Waals surface area contributed by atoms with Crippen LogP contribution in [-0.4, -0.2) is 55.8 Å². The molecule has 3 rings (SSSR count). The molecule has 1 aliphatic rings. The van der Waals surface area contributed by atoms with Crippen molar-refractivity contribution < 1.29 is 17.9 Å². The lowest BCUT2D eigenvalue weighted by atomic mass is 10.1. The number of aryl methyl sites for hydroxylation is 3.